The van der Waals surface area contributed by atoms with Gasteiger partial charge in [-0.3, -0.25) is 9.36 Å². The molecule has 1 fully saturated rings. The number of anilines is 2. The van der Waals surface area contributed by atoms with E-state index in [-0.39, 0.29) is 16.8 Å². The molecule has 3 aromatic rings. The van der Waals surface area contributed by atoms with Crippen LogP contribution in [0.1, 0.15) is 19.3 Å². The molecule has 0 saturated heterocycles. The van der Waals surface area contributed by atoms with Crippen LogP contribution in [0.15, 0.2) is 53.7 Å². The third-order valence-electron chi connectivity index (χ3n) is 4.50. The molecule has 138 valence electrons. The molecule has 8 nitrogen and oxygen atoms in total. The number of halogens is 1. The van der Waals surface area contributed by atoms with Gasteiger partial charge in [-0.1, -0.05) is 17.7 Å². The van der Waals surface area contributed by atoms with E-state index in [1.54, 1.807) is 23.0 Å². The van der Waals surface area contributed by atoms with Gasteiger partial charge in [0.2, 0.25) is 5.95 Å². The van der Waals surface area contributed by atoms with Gasteiger partial charge >= 0.3 is 0 Å². The van der Waals surface area contributed by atoms with Crippen LogP contribution in [-0.4, -0.2) is 36.8 Å². The normalized spacial score (nSPS) is 19.0. The van der Waals surface area contributed by atoms with Crippen LogP contribution in [0.4, 0.5) is 11.8 Å². The van der Waals surface area contributed by atoms with Gasteiger partial charge in [0.15, 0.2) is 5.15 Å². The van der Waals surface area contributed by atoms with Crippen LogP contribution in [0.25, 0.3) is 5.69 Å². The van der Waals surface area contributed by atoms with Crippen molar-refractivity contribution in [1.29, 1.82) is 0 Å². The van der Waals surface area contributed by atoms with Crippen molar-refractivity contribution in [3.8, 4) is 5.69 Å². The van der Waals surface area contributed by atoms with Crippen LogP contribution in [0, 0.1) is 0 Å². The topological polar surface area (TPSA) is 97.6 Å². The molecule has 0 radical (unpaired) electrons. The van der Waals surface area contributed by atoms with Crippen molar-refractivity contribution >= 4 is 23.4 Å². The first-order valence-corrected chi connectivity index (χ1v) is 9.07. The highest BCUT2D eigenvalue weighted by Crippen LogP contribution is 2.24. The van der Waals surface area contributed by atoms with Crippen LogP contribution < -0.4 is 16.2 Å². The van der Waals surface area contributed by atoms with Crippen molar-refractivity contribution in [2.24, 2.45) is 0 Å². The van der Waals surface area contributed by atoms with Gasteiger partial charge in [0.25, 0.3) is 5.56 Å². The van der Waals surface area contributed by atoms with Gasteiger partial charge in [-0.05, 0) is 37.5 Å². The second kappa shape index (κ2) is 7.71. The Bertz CT molecular complexity index is 958. The summed E-state index contributed by atoms with van der Waals surface area (Å²) in [7, 11) is 0. The van der Waals surface area contributed by atoms with Crippen molar-refractivity contribution in [3.63, 3.8) is 0 Å². The van der Waals surface area contributed by atoms with E-state index in [4.69, 9.17) is 11.6 Å². The van der Waals surface area contributed by atoms with E-state index < -0.39 is 0 Å². The average molecular weight is 384 g/mol. The van der Waals surface area contributed by atoms with Gasteiger partial charge in [0, 0.05) is 24.3 Å². The van der Waals surface area contributed by atoms with Crippen molar-refractivity contribution < 1.29 is 0 Å². The second-order valence-electron chi connectivity index (χ2n) is 6.41. The maximum Gasteiger partial charge on any atom is 0.255 e. The highest BCUT2D eigenvalue weighted by molar-refractivity contribution is 6.29. The highest BCUT2D eigenvalue weighted by atomic mass is 35.5. The summed E-state index contributed by atoms with van der Waals surface area (Å²) in [6, 6.07) is 9.42. The van der Waals surface area contributed by atoms with Crippen molar-refractivity contribution in [2.75, 3.05) is 10.6 Å². The summed E-state index contributed by atoms with van der Waals surface area (Å²) in [6.07, 6.45) is 7.84. The van der Waals surface area contributed by atoms with Gasteiger partial charge in [-0.25, -0.2) is 9.97 Å². The van der Waals surface area contributed by atoms with Crippen LogP contribution >= 0.6 is 11.6 Å². The molecular formula is C18H18ClN7O. The van der Waals surface area contributed by atoms with E-state index in [1.807, 2.05) is 18.2 Å². The van der Waals surface area contributed by atoms with E-state index in [0.29, 0.717) is 12.0 Å². The molecule has 9 heteroatoms. The Hall–Kier alpha value is -3.00. The maximum atomic E-state index is 11.9. The lowest BCUT2D eigenvalue weighted by Gasteiger charge is -2.15. The third-order valence-corrected chi connectivity index (χ3v) is 4.67. The first-order chi connectivity index (χ1) is 13.2. The predicted octanol–water partition coefficient (Wildman–Crippen LogP) is 2.52. The lowest BCUT2D eigenvalue weighted by molar-refractivity contribution is 0.713. The minimum absolute atomic E-state index is 0.0800. The van der Waals surface area contributed by atoms with E-state index in [1.165, 1.54) is 12.3 Å². The lowest BCUT2D eigenvalue weighted by atomic mass is 10.2. The molecular weight excluding hydrogens is 366 g/mol. The highest BCUT2D eigenvalue weighted by Gasteiger charge is 2.25. The van der Waals surface area contributed by atoms with E-state index in [2.05, 4.69) is 30.8 Å². The molecule has 2 N–H and O–H groups in total. The third kappa shape index (κ3) is 4.22. The Morgan fingerprint density at radius 1 is 1.00 bits per heavy atom. The van der Waals surface area contributed by atoms with Crippen LogP contribution in [0.3, 0.4) is 0 Å². The van der Waals surface area contributed by atoms with Crippen LogP contribution in [0.5, 0.6) is 0 Å². The Labute approximate surface area is 160 Å². The molecule has 0 aliphatic heterocycles. The van der Waals surface area contributed by atoms with Crippen LogP contribution in [-0.2, 0) is 0 Å². The minimum Gasteiger partial charge on any atom is -0.367 e. The monoisotopic (exact) mass is 383 g/mol. The molecule has 0 amide bonds. The molecule has 0 unspecified atom stereocenters. The van der Waals surface area contributed by atoms with Gasteiger partial charge < -0.3 is 10.6 Å². The van der Waals surface area contributed by atoms with Crippen molar-refractivity contribution in [3.05, 3.63) is 64.4 Å². The first-order valence-electron chi connectivity index (χ1n) is 8.70. The number of aromatic nitrogens is 5. The fraction of sp³-hybridized carbons (Fsp3) is 0.278. The number of pyridine rings is 2. The van der Waals surface area contributed by atoms with Crippen molar-refractivity contribution in [1.82, 2.24) is 24.7 Å². The van der Waals surface area contributed by atoms with Gasteiger partial charge in [-0.2, -0.15) is 0 Å². The zero-order valence-corrected chi connectivity index (χ0v) is 15.2. The molecule has 1 aliphatic rings. The zero-order chi connectivity index (χ0) is 18.6. The smallest absolute Gasteiger partial charge is 0.255 e. The van der Waals surface area contributed by atoms with Gasteiger partial charge in [0.05, 0.1) is 18.1 Å². The number of nitrogens with one attached hydrogen (secondary N) is 2. The van der Waals surface area contributed by atoms with E-state index in [0.717, 1.165) is 30.8 Å². The Balaban J connectivity index is 1.35. The number of hydrogen-bond donors (Lipinski definition) is 2. The Kier molecular flexibility index (Phi) is 4.97. The maximum absolute atomic E-state index is 11.9. The summed E-state index contributed by atoms with van der Waals surface area (Å²) >= 11 is 5.70. The fourth-order valence-corrected chi connectivity index (χ4v) is 3.30. The molecule has 0 spiro atoms. The summed E-state index contributed by atoms with van der Waals surface area (Å²) in [6.45, 7) is 0. The summed E-state index contributed by atoms with van der Waals surface area (Å²) < 4.78 is 1.56. The molecule has 0 aromatic carbocycles. The van der Waals surface area contributed by atoms with E-state index in [9.17, 15) is 4.79 Å². The average Bonchev–Trinajstić information content (AvgIpc) is 3.12. The van der Waals surface area contributed by atoms with Crippen molar-refractivity contribution in [2.45, 2.75) is 31.3 Å². The summed E-state index contributed by atoms with van der Waals surface area (Å²) in [5.74, 6) is 1.28. The second-order valence-corrected chi connectivity index (χ2v) is 6.80. The number of nitrogens with zero attached hydrogens (tertiary/aromatic N) is 5. The SMILES string of the molecule is O=c1ccccn1-c1ccc(N[C@H]2CC[C@H](Nc3ncc(Cl)nn3)C2)nc1. The summed E-state index contributed by atoms with van der Waals surface area (Å²) in [5, 5.41) is 14.7. The molecule has 2 atom stereocenters. The largest absolute Gasteiger partial charge is 0.367 e. The minimum atomic E-state index is -0.0800. The summed E-state index contributed by atoms with van der Waals surface area (Å²) in [5.41, 5.74) is 0.660. The first kappa shape index (κ1) is 17.4. The van der Waals surface area contributed by atoms with Crippen LogP contribution in [0.2, 0.25) is 5.15 Å². The standard InChI is InChI=1S/C18H18ClN7O/c19-15-11-21-18(25-24-15)23-13-5-4-12(9-13)22-16-7-6-14(10-20-16)26-8-2-1-3-17(26)27/h1-3,6-8,10-13H,4-5,9H2,(H,20,22)(H,21,23,25)/t12-,13-/m0/s1. The molecule has 1 saturated carbocycles. The molecule has 3 heterocycles. The predicted molar refractivity (Wildman–Crippen MR) is 103 cm³/mol. The fourth-order valence-electron chi connectivity index (χ4n) is 3.22. The van der Waals surface area contributed by atoms with Gasteiger partial charge in [0.1, 0.15) is 5.82 Å². The molecule has 0 bridgehead atoms. The summed E-state index contributed by atoms with van der Waals surface area (Å²) in [4.78, 5) is 20.4. The quantitative estimate of drug-likeness (QED) is 0.698. The Morgan fingerprint density at radius 2 is 1.85 bits per heavy atom. The van der Waals surface area contributed by atoms with Gasteiger partial charge in [-0.15, -0.1) is 10.2 Å². The molecule has 1 aliphatic carbocycles. The zero-order valence-electron chi connectivity index (χ0n) is 14.4. The molecule has 3 aromatic heterocycles. The molecule has 4 rings (SSSR count). The van der Waals surface area contributed by atoms with E-state index >= 15 is 0 Å². The lowest BCUT2D eigenvalue weighted by Crippen LogP contribution is -2.22. The number of rotatable bonds is 5. The Morgan fingerprint density at radius 3 is 2.56 bits per heavy atom. The molecule has 27 heavy (non-hydrogen) atoms. The number of hydrogen-bond acceptors (Lipinski definition) is 7.